The standard InChI is InChI=1S/C14H17Cl2N3/c1-3-10(2)19-7-6-12(18-19)9-17-14-8-11(15)4-5-13(14)16/h4-8,10,17H,3,9H2,1-2H3. The van der Waals surface area contributed by atoms with Crippen LogP contribution in [0.1, 0.15) is 32.0 Å². The van der Waals surface area contributed by atoms with Crippen molar-refractivity contribution in [3.63, 3.8) is 0 Å². The second kappa shape index (κ2) is 6.31. The number of hydrogen-bond donors (Lipinski definition) is 1. The first kappa shape index (κ1) is 14.2. The van der Waals surface area contributed by atoms with E-state index >= 15 is 0 Å². The lowest BCUT2D eigenvalue weighted by atomic mass is 10.3. The molecule has 0 fully saturated rings. The summed E-state index contributed by atoms with van der Waals surface area (Å²) in [6.07, 6.45) is 3.07. The number of rotatable bonds is 5. The predicted octanol–water partition coefficient (Wildman–Crippen LogP) is 4.77. The molecule has 1 atom stereocenters. The smallest absolute Gasteiger partial charge is 0.0815 e. The normalized spacial score (nSPS) is 12.4. The topological polar surface area (TPSA) is 29.9 Å². The van der Waals surface area contributed by atoms with Crippen LogP contribution < -0.4 is 5.32 Å². The SMILES string of the molecule is CCC(C)n1ccc(CNc2cc(Cl)ccc2Cl)n1. The summed E-state index contributed by atoms with van der Waals surface area (Å²) >= 11 is 12.0. The maximum Gasteiger partial charge on any atom is 0.0815 e. The zero-order valence-corrected chi connectivity index (χ0v) is 12.5. The van der Waals surface area contributed by atoms with Crippen molar-refractivity contribution in [2.75, 3.05) is 5.32 Å². The lowest BCUT2D eigenvalue weighted by molar-refractivity contribution is 0.474. The van der Waals surface area contributed by atoms with E-state index in [-0.39, 0.29) is 0 Å². The molecule has 0 aliphatic rings. The molecule has 2 aromatic rings. The van der Waals surface area contributed by atoms with E-state index in [1.165, 1.54) is 0 Å². The first-order chi connectivity index (χ1) is 9.10. The van der Waals surface area contributed by atoms with Gasteiger partial charge in [0.05, 0.1) is 22.9 Å². The van der Waals surface area contributed by atoms with Gasteiger partial charge in [-0.1, -0.05) is 30.1 Å². The van der Waals surface area contributed by atoms with Gasteiger partial charge in [0, 0.05) is 17.3 Å². The van der Waals surface area contributed by atoms with Crippen LogP contribution in [0, 0.1) is 0 Å². The van der Waals surface area contributed by atoms with Crippen molar-refractivity contribution >= 4 is 28.9 Å². The monoisotopic (exact) mass is 297 g/mol. The summed E-state index contributed by atoms with van der Waals surface area (Å²) in [5.41, 5.74) is 1.81. The van der Waals surface area contributed by atoms with Crippen molar-refractivity contribution in [3.05, 3.63) is 46.2 Å². The molecule has 1 N–H and O–H groups in total. The zero-order valence-electron chi connectivity index (χ0n) is 11.0. The highest BCUT2D eigenvalue weighted by Crippen LogP contribution is 2.25. The number of halogens is 2. The molecule has 0 bridgehead atoms. The molecular formula is C14H17Cl2N3. The summed E-state index contributed by atoms with van der Waals surface area (Å²) in [6.45, 7) is 4.93. The highest BCUT2D eigenvalue weighted by atomic mass is 35.5. The van der Waals surface area contributed by atoms with Gasteiger partial charge in [0.15, 0.2) is 0 Å². The molecule has 0 amide bonds. The summed E-state index contributed by atoms with van der Waals surface area (Å²) in [7, 11) is 0. The van der Waals surface area contributed by atoms with Crippen LogP contribution in [-0.4, -0.2) is 9.78 Å². The van der Waals surface area contributed by atoms with Crippen molar-refractivity contribution in [1.82, 2.24) is 9.78 Å². The van der Waals surface area contributed by atoms with Crippen LogP contribution in [0.2, 0.25) is 10.0 Å². The largest absolute Gasteiger partial charge is 0.378 e. The average molecular weight is 298 g/mol. The van der Waals surface area contributed by atoms with Gasteiger partial charge in [0.1, 0.15) is 0 Å². The number of nitrogens with zero attached hydrogens (tertiary/aromatic N) is 2. The highest BCUT2D eigenvalue weighted by Gasteiger charge is 2.06. The van der Waals surface area contributed by atoms with Crippen molar-refractivity contribution in [3.8, 4) is 0 Å². The molecule has 1 heterocycles. The minimum atomic E-state index is 0.420. The van der Waals surface area contributed by atoms with Crippen LogP contribution in [0.3, 0.4) is 0 Å². The van der Waals surface area contributed by atoms with E-state index in [4.69, 9.17) is 23.2 Å². The summed E-state index contributed by atoms with van der Waals surface area (Å²) < 4.78 is 1.98. The lowest BCUT2D eigenvalue weighted by Gasteiger charge is -2.09. The molecule has 0 radical (unpaired) electrons. The molecule has 0 spiro atoms. The molecule has 0 aliphatic carbocycles. The molecule has 0 saturated heterocycles. The van der Waals surface area contributed by atoms with Gasteiger partial charge >= 0.3 is 0 Å². The van der Waals surface area contributed by atoms with Gasteiger partial charge in [-0.25, -0.2) is 0 Å². The second-order valence-corrected chi connectivity index (χ2v) is 5.37. The Morgan fingerprint density at radius 1 is 1.32 bits per heavy atom. The molecule has 0 aliphatic heterocycles. The van der Waals surface area contributed by atoms with Crippen LogP contribution in [0.15, 0.2) is 30.5 Å². The van der Waals surface area contributed by atoms with Crippen LogP contribution in [-0.2, 0) is 6.54 Å². The Morgan fingerprint density at radius 3 is 2.84 bits per heavy atom. The Hall–Kier alpha value is -1.19. The molecule has 1 aromatic heterocycles. The van der Waals surface area contributed by atoms with E-state index in [0.29, 0.717) is 22.6 Å². The van der Waals surface area contributed by atoms with Gasteiger partial charge in [-0.2, -0.15) is 5.10 Å². The molecule has 0 saturated carbocycles. The third kappa shape index (κ3) is 3.64. The number of aromatic nitrogens is 2. The van der Waals surface area contributed by atoms with Crippen molar-refractivity contribution in [2.24, 2.45) is 0 Å². The third-order valence-corrected chi connectivity index (χ3v) is 3.66. The predicted molar refractivity (Wildman–Crippen MR) is 81.0 cm³/mol. The number of benzene rings is 1. The molecule has 5 heteroatoms. The van der Waals surface area contributed by atoms with E-state index in [2.05, 4.69) is 24.3 Å². The number of hydrogen-bond acceptors (Lipinski definition) is 2. The zero-order chi connectivity index (χ0) is 13.8. The Kier molecular flexibility index (Phi) is 4.72. The van der Waals surface area contributed by atoms with Crippen LogP contribution >= 0.6 is 23.2 Å². The van der Waals surface area contributed by atoms with Crippen molar-refractivity contribution in [1.29, 1.82) is 0 Å². The van der Waals surface area contributed by atoms with Gasteiger partial charge in [-0.05, 0) is 37.6 Å². The van der Waals surface area contributed by atoms with E-state index in [0.717, 1.165) is 17.8 Å². The lowest BCUT2D eigenvalue weighted by Crippen LogP contribution is -2.06. The minimum Gasteiger partial charge on any atom is -0.378 e. The van der Waals surface area contributed by atoms with E-state index in [1.807, 2.05) is 23.0 Å². The van der Waals surface area contributed by atoms with Crippen molar-refractivity contribution in [2.45, 2.75) is 32.9 Å². The van der Waals surface area contributed by atoms with E-state index in [1.54, 1.807) is 12.1 Å². The molecule has 1 unspecified atom stereocenters. The van der Waals surface area contributed by atoms with Gasteiger partial charge < -0.3 is 5.32 Å². The Bertz CT molecular complexity index is 551. The van der Waals surface area contributed by atoms with Crippen LogP contribution in [0.25, 0.3) is 0 Å². The van der Waals surface area contributed by atoms with E-state index < -0.39 is 0 Å². The maximum atomic E-state index is 6.09. The van der Waals surface area contributed by atoms with Crippen LogP contribution in [0.5, 0.6) is 0 Å². The Balaban J connectivity index is 2.02. The van der Waals surface area contributed by atoms with Gasteiger partial charge in [-0.3, -0.25) is 4.68 Å². The average Bonchev–Trinajstić information content (AvgIpc) is 2.88. The quantitative estimate of drug-likeness (QED) is 0.861. The van der Waals surface area contributed by atoms with Gasteiger partial charge in [-0.15, -0.1) is 0 Å². The summed E-state index contributed by atoms with van der Waals surface area (Å²) in [6, 6.07) is 7.80. The first-order valence-corrected chi connectivity index (χ1v) is 7.08. The van der Waals surface area contributed by atoms with Gasteiger partial charge in [0.2, 0.25) is 0 Å². The summed E-state index contributed by atoms with van der Waals surface area (Å²) in [4.78, 5) is 0. The van der Waals surface area contributed by atoms with Crippen molar-refractivity contribution < 1.29 is 0 Å². The fourth-order valence-electron chi connectivity index (χ4n) is 1.72. The maximum absolute atomic E-state index is 6.09. The molecule has 3 nitrogen and oxygen atoms in total. The number of nitrogens with one attached hydrogen (secondary N) is 1. The Morgan fingerprint density at radius 2 is 2.11 bits per heavy atom. The molecule has 19 heavy (non-hydrogen) atoms. The molecular weight excluding hydrogens is 281 g/mol. The molecule has 1 aromatic carbocycles. The second-order valence-electron chi connectivity index (χ2n) is 4.52. The molecule has 102 valence electrons. The fraction of sp³-hybridized carbons (Fsp3) is 0.357. The van der Waals surface area contributed by atoms with E-state index in [9.17, 15) is 0 Å². The van der Waals surface area contributed by atoms with Crippen LogP contribution in [0.4, 0.5) is 5.69 Å². The van der Waals surface area contributed by atoms with Gasteiger partial charge in [0.25, 0.3) is 0 Å². The summed E-state index contributed by atoms with van der Waals surface area (Å²) in [5, 5.41) is 9.10. The fourth-order valence-corrected chi connectivity index (χ4v) is 2.08. The summed E-state index contributed by atoms with van der Waals surface area (Å²) in [5.74, 6) is 0. The third-order valence-electron chi connectivity index (χ3n) is 3.09. The first-order valence-electron chi connectivity index (χ1n) is 6.33. The highest BCUT2D eigenvalue weighted by molar-refractivity contribution is 6.35. The Labute approximate surface area is 123 Å². The number of anilines is 1. The minimum absolute atomic E-state index is 0.420. The molecule has 2 rings (SSSR count).